The third-order valence-corrected chi connectivity index (χ3v) is 5.07. The predicted molar refractivity (Wildman–Crippen MR) is 119 cm³/mol. The van der Waals surface area contributed by atoms with Gasteiger partial charge in [0.05, 0.1) is 45.0 Å². The van der Waals surface area contributed by atoms with Crippen LogP contribution in [0.3, 0.4) is 0 Å². The van der Waals surface area contributed by atoms with E-state index in [4.69, 9.17) is 18.9 Å². The first-order valence-corrected chi connectivity index (χ1v) is 10.3. The first kappa shape index (κ1) is 24.4. The van der Waals surface area contributed by atoms with Gasteiger partial charge in [-0.1, -0.05) is 12.1 Å². The Morgan fingerprint density at radius 3 is 2.44 bits per heavy atom. The molecule has 1 aliphatic heterocycles. The molecule has 0 unspecified atom stereocenters. The molecule has 0 spiro atoms. The van der Waals surface area contributed by atoms with E-state index in [1.54, 1.807) is 42.5 Å². The number of hydrogen-bond acceptors (Lipinski definition) is 8. The lowest BCUT2D eigenvalue weighted by atomic mass is 10.1. The Kier molecular flexibility index (Phi) is 7.91. The predicted octanol–water partition coefficient (Wildman–Crippen LogP) is 1.39. The summed E-state index contributed by atoms with van der Waals surface area (Å²) in [6, 6.07) is 11.4. The Morgan fingerprint density at radius 2 is 1.74 bits per heavy atom. The van der Waals surface area contributed by atoms with Crippen LogP contribution in [-0.2, 0) is 19.1 Å². The van der Waals surface area contributed by atoms with Crippen LogP contribution in [0.15, 0.2) is 42.5 Å². The molecule has 11 heteroatoms. The second-order valence-corrected chi connectivity index (χ2v) is 7.27. The number of benzene rings is 2. The largest absolute Gasteiger partial charge is 0.497 e. The molecule has 2 aromatic rings. The van der Waals surface area contributed by atoms with Gasteiger partial charge in [-0.25, -0.2) is 0 Å². The number of anilines is 1. The summed E-state index contributed by atoms with van der Waals surface area (Å²) in [4.78, 5) is 49.4. The molecule has 34 heavy (non-hydrogen) atoms. The van der Waals surface area contributed by atoms with E-state index in [9.17, 15) is 19.2 Å². The Hall–Kier alpha value is -4.28. The van der Waals surface area contributed by atoms with Gasteiger partial charge < -0.3 is 24.3 Å². The SMILES string of the molecule is COc1ccc(NC(=O)COC(=O)[C@@H]2CC(=O)N(NC(=O)c3ccccc3OC)C2)c(OC)c1. The third-order valence-electron chi connectivity index (χ3n) is 5.07. The highest BCUT2D eigenvalue weighted by molar-refractivity contribution is 5.99. The van der Waals surface area contributed by atoms with Crippen molar-refractivity contribution in [3.8, 4) is 17.2 Å². The zero-order valence-corrected chi connectivity index (χ0v) is 19.0. The number of methoxy groups -OCH3 is 3. The van der Waals surface area contributed by atoms with Crippen LogP contribution in [0, 0.1) is 5.92 Å². The summed E-state index contributed by atoms with van der Waals surface area (Å²) in [7, 11) is 4.38. The summed E-state index contributed by atoms with van der Waals surface area (Å²) in [5.41, 5.74) is 3.10. The van der Waals surface area contributed by atoms with Crippen molar-refractivity contribution < 1.29 is 38.1 Å². The molecular formula is C23H25N3O8. The number of nitrogens with one attached hydrogen (secondary N) is 2. The van der Waals surface area contributed by atoms with Gasteiger partial charge in [0.15, 0.2) is 6.61 Å². The summed E-state index contributed by atoms with van der Waals surface area (Å²) < 4.78 is 20.5. The number of rotatable bonds is 9. The average molecular weight is 471 g/mol. The van der Waals surface area contributed by atoms with E-state index in [0.29, 0.717) is 22.9 Å². The zero-order valence-electron chi connectivity index (χ0n) is 19.0. The molecule has 180 valence electrons. The molecule has 1 aliphatic rings. The summed E-state index contributed by atoms with van der Waals surface area (Å²) in [5, 5.41) is 3.65. The summed E-state index contributed by atoms with van der Waals surface area (Å²) in [5.74, 6) is -1.85. The number of carbonyl (C=O) groups is 4. The zero-order chi connectivity index (χ0) is 24.7. The van der Waals surface area contributed by atoms with Gasteiger partial charge in [-0.2, -0.15) is 0 Å². The molecule has 1 fully saturated rings. The van der Waals surface area contributed by atoms with Crippen molar-refractivity contribution in [3.05, 3.63) is 48.0 Å². The summed E-state index contributed by atoms with van der Waals surface area (Å²) in [6.45, 7) is -0.626. The molecule has 0 bridgehead atoms. The maximum atomic E-state index is 12.5. The highest BCUT2D eigenvalue weighted by Crippen LogP contribution is 2.29. The minimum absolute atomic E-state index is 0.0769. The van der Waals surface area contributed by atoms with E-state index in [0.717, 1.165) is 5.01 Å². The van der Waals surface area contributed by atoms with Crippen molar-refractivity contribution in [3.63, 3.8) is 0 Å². The molecule has 0 saturated carbocycles. The molecule has 1 atom stereocenters. The fourth-order valence-electron chi connectivity index (χ4n) is 3.33. The smallest absolute Gasteiger partial charge is 0.311 e. The molecule has 2 N–H and O–H groups in total. The van der Waals surface area contributed by atoms with Crippen LogP contribution in [-0.4, -0.2) is 63.2 Å². The maximum absolute atomic E-state index is 12.5. The van der Waals surface area contributed by atoms with Crippen LogP contribution in [0.1, 0.15) is 16.8 Å². The number of esters is 1. The number of carbonyl (C=O) groups excluding carboxylic acids is 4. The molecule has 0 aliphatic carbocycles. The van der Waals surface area contributed by atoms with Crippen LogP contribution in [0.5, 0.6) is 17.2 Å². The lowest BCUT2D eigenvalue weighted by Gasteiger charge is -2.18. The van der Waals surface area contributed by atoms with E-state index in [-0.39, 0.29) is 18.5 Å². The van der Waals surface area contributed by atoms with E-state index in [2.05, 4.69) is 10.7 Å². The molecule has 0 radical (unpaired) electrons. The van der Waals surface area contributed by atoms with Crippen molar-refractivity contribution in [2.45, 2.75) is 6.42 Å². The minimum Gasteiger partial charge on any atom is -0.497 e. The van der Waals surface area contributed by atoms with Crippen LogP contribution in [0.25, 0.3) is 0 Å². The molecule has 1 saturated heterocycles. The number of hydrogen-bond donors (Lipinski definition) is 2. The number of amides is 3. The van der Waals surface area contributed by atoms with Crippen molar-refractivity contribution in [2.24, 2.45) is 5.92 Å². The van der Waals surface area contributed by atoms with E-state index < -0.39 is 36.2 Å². The van der Waals surface area contributed by atoms with E-state index >= 15 is 0 Å². The minimum atomic E-state index is -0.825. The summed E-state index contributed by atoms with van der Waals surface area (Å²) in [6.07, 6.45) is -0.154. The van der Waals surface area contributed by atoms with Gasteiger partial charge in [0, 0.05) is 12.5 Å². The molecule has 1 heterocycles. The van der Waals surface area contributed by atoms with Crippen LogP contribution < -0.4 is 25.0 Å². The summed E-state index contributed by atoms with van der Waals surface area (Å²) >= 11 is 0. The highest BCUT2D eigenvalue weighted by atomic mass is 16.5. The van der Waals surface area contributed by atoms with Crippen molar-refractivity contribution in [1.82, 2.24) is 10.4 Å². The van der Waals surface area contributed by atoms with Crippen LogP contribution in [0.2, 0.25) is 0 Å². The lowest BCUT2D eigenvalue weighted by molar-refractivity contribution is -0.151. The highest BCUT2D eigenvalue weighted by Gasteiger charge is 2.37. The molecular weight excluding hydrogens is 446 g/mol. The number of nitrogens with zero attached hydrogens (tertiary/aromatic N) is 1. The average Bonchev–Trinajstić information content (AvgIpc) is 3.22. The Labute approximate surface area is 195 Å². The number of para-hydroxylation sites is 1. The Bertz CT molecular complexity index is 1090. The van der Waals surface area contributed by atoms with Gasteiger partial charge in [-0.3, -0.25) is 29.6 Å². The topological polar surface area (TPSA) is 132 Å². The van der Waals surface area contributed by atoms with Gasteiger partial charge in [0.1, 0.15) is 17.2 Å². The van der Waals surface area contributed by atoms with Crippen molar-refractivity contribution in [2.75, 3.05) is 39.8 Å². The van der Waals surface area contributed by atoms with Crippen LogP contribution >= 0.6 is 0 Å². The van der Waals surface area contributed by atoms with Gasteiger partial charge in [0.25, 0.3) is 11.8 Å². The van der Waals surface area contributed by atoms with Gasteiger partial charge >= 0.3 is 5.97 Å². The van der Waals surface area contributed by atoms with E-state index in [1.807, 2.05) is 0 Å². The van der Waals surface area contributed by atoms with E-state index in [1.165, 1.54) is 21.3 Å². The monoisotopic (exact) mass is 471 g/mol. The van der Waals surface area contributed by atoms with Gasteiger partial charge in [-0.05, 0) is 24.3 Å². The fraction of sp³-hybridized carbons (Fsp3) is 0.304. The maximum Gasteiger partial charge on any atom is 0.311 e. The normalized spacial score (nSPS) is 14.9. The lowest BCUT2D eigenvalue weighted by Crippen LogP contribution is -2.43. The number of hydrazine groups is 1. The first-order chi connectivity index (χ1) is 16.4. The fourth-order valence-corrected chi connectivity index (χ4v) is 3.33. The second kappa shape index (κ2) is 11.0. The van der Waals surface area contributed by atoms with Gasteiger partial charge in [0.2, 0.25) is 5.91 Å². The molecule has 2 aromatic carbocycles. The van der Waals surface area contributed by atoms with Crippen molar-refractivity contribution in [1.29, 1.82) is 0 Å². The quantitative estimate of drug-likeness (QED) is 0.525. The molecule has 3 amide bonds. The molecule has 11 nitrogen and oxygen atoms in total. The first-order valence-electron chi connectivity index (χ1n) is 10.3. The molecule has 0 aromatic heterocycles. The van der Waals surface area contributed by atoms with Crippen LogP contribution in [0.4, 0.5) is 5.69 Å². The second-order valence-electron chi connectivity index (χ2n) is 7.27. The Balaban J connectivity index is 1.52. The van der Waals surface area contributed by atoms with Gasteiger partial charge in [-0.15, -0.1) is 0 Å². The van der Waals surface area contributed by atoms with Crippen molar-refractivity contribution >= 4 is 29.4 Å². The standard InChI is InChI=1S/C23H25N3O8/c1-31-15-8-9-17(19(11-15)33-3)24-20(27)13-34-23(30)14-10-21(28)26(12-14)25-22(29)16-6-4-5-7-18(16)32-2/h4-9,11,14H,10,12-13H2,1-3H3,(H,24,27)(H,25,29)/t14-/m1/s1. The number of ether oxygens (including phenoxy) is 4. The third kappa shape index (κ3) is 5.74. The molecule has 3 rings (SSSR count). The Morgan fingerprint density at radius 1 is 1.00 bits per heavy atom.